The summed E-state index contributed by atoms with van der Waals surface area (Å²) < 4.78 is 0. The van der Waals surface area contributed by atoms with Gasteiger partial charge in [0.1, 0.15) is 0 Å². The fourth-order valence-electron chi connectivity index (χ4n) is 11.0. The van der Waals surface area contributed by atoms with E-state index in [0.29, 0.717) is 0 Å². The van der Waals surface area contributed by atoms with E-state index in [9.17, 15) is 0 Å². The lowest BCUT2D eigenvalue weighted by atomic mass is 9.80. The summed E-state index contributed by atoms with van der Waals surface area (Å²) in [7, 11) is -1.03. The molecule has 0 atom stereocenters. The Morgan fingerprint density at radius 1 is 0.328 bits per heavy atom. The van der Waals surface area contributed by atoms with Crippen molar-refractivity contribution in [3.05, 3.63) is 198 Å². The van der Waals surface area contributed by atoms with Gasteiger partial charge in [-0.25, -0.2) is 10.0 Å². The number of hydrogen-bond donors (Lipinski definition) is 0. The first kappa shape index (κ1) is 37.8. The highest BCUT2D eigenvalue weighted by atomic mass is 32.3. The third kappa shape index (κ3) is 5.67. The summed E-state index contributed by atoms with van der Waals surface area (Å²) in [5, 5.41) is 5.12. The van der Waals surface area contributed by atoms with Crippen molar-refractivity contribution in [1.82, 2.24) is 0 Å². The minimum Gasteiger partial charge on any atom is -0.223 e. The molecule has 0 heterocycles. The van der Waals surface area contributed by atoms with E-state index in [4.69, 9.17) is 0 Å². The summed E-state index contributed by atoms with van der Waals surface area (Å²) >= 11 is 0. The molecule has 2 aliphatic rings. The average Bonchev–Trinajstić information content (AvgIpc) is 3.63. The molecule has 0 unspecified atom stereocenters. The Labute approximate surface area is 363 Å². The lowest BCUT2D eigenvalue weighted by molar-refractivity contribution is 0.660. The van der Waals surface area contributed by atoms with Crippen molar-refractivity contribution >= 4 is 31.6 Å². The molecule has 0 fully saturated rings. The number of benzene rings is 9. The van der Waals surface area contributed by atoms with Crippen LogP contribution in [0.3, 0.4) is 0 Å². The van der Waals surface area contributed by atoms with Crippen molar-refractivity contribution in [3.63, 3.8) is 0 Å². The molecule has 0 amide bonds. The van der Waals surface area contributed by atoms with Crippen molar-refractivity contribution in [1.29, 1.82) is 0 Å². The molecule has 61 heavy (non-hydrogen) atoms. The molecule has 0 aliphatic heterocycles. The number of fused-ring (bicyclic) bond motifs is 8. The van der Waals surface area contributed by atoms with Gasteiger partial charge in [0, 0.05) is 10.8 Å². The zero-order valence-corrected chi connectivity index (χ0v) is 37.4. The summed E-state index contributed by atoms with van der Waals surface area (Å²) in [5.41, 5.74) is 22.4. The van der Waals surface area contributed by atoms with E-state index >= 15 is 0 Å². The molecule has 0 bridgehead atoms. The Balaban J connectivity index is 1.20. The predicted octanol–water partition coefficient (Wildman–Crippen LogP) is 16.6. The van der Waals surface area contributed by atoms with E-state index in [2.05, 4.69) is 223 Å². The van der Waals surface area contributed by atoms with Crippen molar-refractivity contribution in [2.24, 2.45) is 0 Å². The maximum Gasteiger partial charge on any atom is 0.0159 e. The second-order valence-electron chi connectivity index (χ2n) is 19.3. The highest BCUT2D eigenvalue weighted by Crippen LogP contribution is 2.55. The second-order valence-corrected chi connectivity index (χ2v) is 23.4. The van der Waals surface area contributed by atoms with Gasteiger partial charge in [0.2, 0.25) is 0 Å². The standard InChI is InChI=1S/C60H52S/c1-37-17-9-10-18-42(37)50-34-40(28-32-56(50)61(6,7)8)57-47-21-11-12-22-48(47)58(41-27-30-46-44-20-14-16-24-53(44)60(4,5)55(46)36-41)51-33-38(26-31-49(51)57)39-25-29-45-43-19-13-15-23-52(43)59(2,3)54(45)35-39/h9-36H,1-8H3. The SMILES string of the molecule is Cc1ccccc1-c1cc(-c2c3ccccc3c(-c3ccc4c(c3)C(C)(C)c3ccccc3-4)c3cc(-c4ccc5c(c4)C(C)(C)c4ccccc4-5)ccc23)ccc1S(C)(C)C. The zero-order chi connectivity index (χ0) is 42.0. The Hall–Kier alpha value is -6.15. The van der Waals surface area contributed by atoms with E-state index in [0.717, 1.165) is 0 Å². The van der Waals surface area contributed by atoms with Crippen LogP contribution in [0.4, 0.5) is 0 Å². The summed E-state index contributed by atoms with van der Waals surface area (Å²) in [6.45, 7) is 11.8. The molecular formula is C60H52S. The third-order valence-corrected chi connectivity index (χ3v) is 15.9. The first-order valence-corrected chi connectivity index (χ1v) is 24.5. The normalized spacial score (nSPS) is 14.8. The second kappa shape index (κ2) is 13.4. The molecule has 2 aliphatic carbocycles. The van der Waals surface area contributed by atoms with Gasteiger partial charge in [0.25, 0.3) is 0 Å². The monoisotopic (exact) mass is 804 g/mol. The highest BCUT2D eigenvalue weighted by molar-refractivity contribution is 8.32. The van der Waals surface area contributed by atoms with Gasteiger partial charge in [-0.1, -0.05) is 167 Å². The van der Waals surface area contributed by atoms with E-state index in [1.807, 2.05) is 0 Å². The van der Waals surface area contributed by atoms with Gasteiger partial charge in [-0.3, -0.25) is 0 Å². The third-order valence-electron chi connectivity index (χ3n) is 14.2. The Morgan fingerprint density at radius 2 is 0.754 bits per heavy atom. The summed E-state index contributed by atoms with van der Waals surface area (Å²) in [4.78, 5) is 1.45. The zero-order valence-electron chi connectivity index (χ0n) is 36.6. The van der Waals surface area contributed by atoms with E-state index in [1.165, 1.54) is 121 Å². The first-order chi connectivity index (χ1) is 29.3. The number of rotatable bonds is 5. The van der Waals surface area contributed by atoms with Crippen LogP contribution in [0.5, 0.6) is 0 Å². The lowest BCUT2D eigenvalue weighted by Crippen LogP contribution is -2.14. The molecule has 0 aromatic heterocycles. The van der Waals surface area contributed by atoms with Gasteiger partial charge in [-0.2, -0.15) is 0 Å². The quantitative estimate of drug-likeness (QED) is 0.152. The minimum absolute atomic E-state index is 0.0716. The molecule has 0 spiro atoms. The van der Waals surface area contributed by atoms with Gasteiger partial charge in [0.05, 0.1) is 0 Å². The molecule has 0 saturated heterocycles. The van der Waals surface area contributed by atoms with Crippen LogP contribution < -0.4 is 0 Å². The summed E-state index contributed by atoms with van der Waals surface area (Å²) in [5.74, 6) is 0. The van der Waals surface area contributed by atoms with Crippen LogP contribution >= 0.6 is 10.0 Å². The maximum atomic E-state index is 2.51. The van der Waals surface area contributed by atoms with Gasteiger partial charge in [-0.05, 0) is 177 Å². The van der Waals surface area contributed by atoms with Gasteiger partial charge >= 0.3 is 0 Å². The average molecular weight is 805 g/mol. The molecule has 0 saturated carbocycles. The molecule has 0 N–H and O–H groups in total. The molecule has 1 heteroatoms. The van der Waals surface area contributed by atoms with Crippen LogP contribution in [-0.4, -0.2) is 18.8 Å². The van der Waals surface area contributed by atoms with Crippen molar-refractivity contribution in [3.8, 4) is 66.8 Å². The van der Waals surface area contributed by atoms with E-state index in [1.54, 1.807) is 0 Å². The molecule has 0 radical (unpaired) electrons. The van der Waals surface area contributed by atoms with Gasteiger partial charge < -0.3 is 0 Å². The number of hydrogen-bond acceptors (Lipinski definition) is 0. The summed E-state index contributed by atoms with van der Waals surface area (Å²) in [6.07, 6.45) is 7.25. The van der Waals surface area contributed by atoms with Crippen molar-refractivity contribution < 1.29 is 0 Å². The van der Waals surface area contributed by atoms with Crippen LogP contribution in [0.25, 0.3) is 88.3 Å². The van der Waals surface area contributed by atoms with Crippen LogP contribution in [-0.2, 0) is 10.8 Å². The maximum absolute atomic E-state index is 2.51. The molecule has 0 nitrogen and oxygen atoms in total. The molecule has 9 aromatic rings. The van der Waals surface area contributed by atoms with Gasteiger partial charge in [0.15, 0.2) is 0 Å². The predicted molar refractivity (Wildman–Crippen MR) is 267 cm³/mol. The smallest absolute Gasteiger partial charge is 0.0159 e. The first-order valence-electron chi connectivity index (χ1n) is 21.7. The highest BCUT2D eigenvalue weighted by Gasteiger charge is 2.37. The van der Waals surface area contributed by atoms with Crippen LogP contribution in [0.15, 0.2) is 175 Å². The molecule has 11 rings (SSSR count). The molecule has 298 valence electrons. The van der Waals surface area contributed by atoms with E-state index < -0.39 is 10.0 Å². The Kier molecular flexibility index (Phi) is 8.32. The molecule has 9 aromatic carbocycles. The fraction of sp³-hybridized carbons (Fsp3) is 0.167. The Bertz CT molecular complexity index is 3290. The van der Waals surface area contributed by atoms with Crippen LogP contribution in [0.2, 0.25) is 0 Å². The fourth-order valence-corrected chi connectivity index (χ4v) is 12.3. The topological polar surface area (TPSA) is 0 Å². The summed E-state index contributed by atoms with van der Waals surface area (Å²) in [6, 6.07) is 65.1. The lowest BCUT2D eigenvalue weighted by Gasteiger charge is -2.30. The van der Waals surface area contributed by atoms with Crippen molar-refractivity contribution in [2.75, 3.05) is 18.8 Å². The molecular weight excluding hydrogens is 753 g/mol. The Morgan fingerprint density at radius 3 is 1.36 bits per heavy atom. The minimum atomic E-state index is -1.03. The largest absolute Gasteiger partial charge is 0.223 e. The van der Waals surface area contributed by atoms with Crippen molar-refractivity contribution in [2.45, 2.75) is 50.3 Å². The van der Waals surface area contributed by atoms with Crippen LogP contribution in [0.1, 0.15) is 55.5 Å². The van der Waals surface area contributed by atoms with Gasteiger partial charge in [-0.15, -0.1) is 0 Å². The van der Waals surface area contributed by atoms with Crippen LogP contribution in [0, 0.1) is 6.92 Å². The number of aryl methyl sites for hydroxylation is 1. The van der Waals surface area contributed by atoms with E-state index in [-0.39, 0.29) is 10.8 Å².